The van der Waals surface area contributed by atoms with Crippen LogP contribution in [-0.4, -0.2) is 41.7 Å². The Balaban J connectivity index is 2.10. The smallest absolute Gasteiger partial charge is 0.398 e. The Morgan fingerprint density at radius 1 is 1.03 bits per heavy atom. The second kappa shape index (κ2) is 13.6. The van der Waals surface area contributed by atoms with Crippen molar-refractivity contribution in [2.75, 3.05) is 18.8 Å². The third-order valence-corrected chi connectivity index (χ3v) is 6.55. The van der Waals surface area contributed by atoms with Crippen LogP contribution < -0.4 is 21.7 Å². The predicted molar refractivity (Wildman–Crippen MR) is 143 cm³/mol. The zero-order chi connectivity index (χ0) is 28.5. The minimum absolute atomic E-state index is 0.135. The highest BCUT2D eigenvalue weighted by Gasteiger charge is 2.36. The number of carbonyl (C=O) groups is 2. The van der Waals surface area contributed by atoms with E-state index in [1.807, 2.05) is 39.8 Å². The summed E-state index contributed by atoms with van der Waals surface area (Å²) in [5.41, 5.74) is 6.39. The van der Waals surface area contributed by atoms with E-state index in [9.17, 15) is 27.9 Å². The highest BCUT2D eigenvalue weighted by molar-refractivity contribution is 6.00. The Labute approximate surface area is 222 Å². The average molecular weight is 537 g/mol. The summed E-state index contributed by atoms with van der Waals surface area (Å²) < 4.78 is 39.1. The van der Waals surface area contributed by atoms with Gasteiger partial charge in [-0.25, -0.2) is 0 Å². The van der Waals surface area contributed by atoms with Crippen molar-refractivity contribution in [2.45, 2.75) is 77.7 Å². The molecule has 6 N–H and O–H groups in total. The number of anilines is 1. The molecule has 0 fully saturated rings. The number of nitrogens with two attached hydrogens (primary N) is 1. The summed E-state index contributed by atoms with van der Waals surface area (Å²) in [6.07, 6.45) is -2.31. The summed E-state index contributed by atoms with van der Waals surface area (Å²) in [6.45, 7) is 8.27. The molecule has 0 heterocycles. The van der Waals surface area contributed by atoms with Crippen molar-refractivity contribution in [1.29, 1.82) is 0 Å². The number of hydrogen-bond donors (Lipinski definition) is 5. The van der Waals surface area contributed by atoms with Gasteiger partial charge in [0.2, 0.25) is 5.91 Å². The molecule has 0 bridgehead atoms. The van der Waals surface area contributed by atoms with Crippen molar-refractivity contribution >= 4 is 17.5 Å². The van der Waals surface area contributed by atoms with Gasteiger partial charge >= 0.3 is 6.18 Å². The topological polar surface area (TPSA) is 116 Å². The van der Waals surface area contributed by atoms with E-state index in [4.69, 9.17) is 5.73 Å². The molecule has 38 heavy (non-hydrogen) atoms. The number of rotatable bonds is 13. The van der Waals surface area contributed by atoms with Crippen LogP contribution in [0.5, 0.6) is 0 Å². The highest BCUT2D eigenvalue weighted by Crippen LogP contribution is 2.31. The largest absolute Gasteiger partial charge is 0.416 e. The van der Waals surface area contributed by atoms with Crippen LogP contribution in [0.25, 0.3) is 0 Å². The first-order valence-electron chi connectivity index (χ1n) is 12.8. The summed E-state index contributed by atoms with van der Waals surface area (Å²) in [5, 5.41) is 19.9. The van der Waals surface area contributed by atoms with E-state index in [1.54, 1.807) is 0 Å². The first-order valence-corrected chi connectivity index (χ1v) is 12.8. The van der Waals surface area contributed by atoms with Crippen LogP contribution in [0.15, 0.2) is 36.4 Å². The van der Waals surface area contributed by atoms with Crippen LogP contribution in [0.2, 0.25) is 0 Å². The lowest BCUT2D eigenvalue weighted by Crippen LogP contribution is -2.58. The van der Waals surface area contributed by atoms with Crippen molar-refractivity contribution in [1.82, 2.24) is 16.0 Å². The fourth-order valence-corrected chi connectivity index (χ4v) is 4.54. The second-order valence-electron chi connectivity index (χ2n) is 9.77. The molecule has 2 amide bonds. The van der Waals surface area contributed by atoms with Gasteiger partial charge in [0.25, 0.3) is 5.91 Å². The Morgan fingerprint density at radius 2 is 1.68 bits per heavy atom. The molecule has 0 aliphatic heterocycles. The van der Waals surface area contributed by atoms with Crippen molar-refractivity contribution in [2.24, 2.45) is 0 Å². The summed E-state index contributed by atoms with van der Waals surface area (Å²) >= 11 is 0. The van der Waals surface area contributed by atoms with Gasteiger partial charge < -0.3 is 26.8 Å². The standard InChI is InChI=1S/C28H39F3N4O3/c1-5-11-27(38,12-6-2)24(16-33-15-20-8-7-18(3)13-19(20)4)35-25(36)17-34-26(37)22-14-21(28(29,30)31)9-10-23(22)32/h7-10,13-14,24,33,38H,5-6,11-12,15-17,32H2,1-4H3,(H,34,37)(H,35,36)/t24-/m0/s1. The maximum absolute atomic E-state index is 13.0. The average Bonchev–Trinajstić information content (AvgIpc) is 2.83. The normalized spacial score (nSPS) is 12.7. The third kappa shape index (κ3) is 8.73. The first-order chi connectivity index (χ1) is 17.8. The highest BCUT2D eigenvalue weighted by atomic mass is 19.4. The van der Waals surface area contributed by atoms with Gasteiger partial charge in [-0.05, 0) is 56.0 Å². The van der Waals surface area contributed by atoms with E-state index in [0.717, 1.165) is 28.8 Å². The predicted octanol–water partition coefficient (Wildman–Crippen LogP) is 4.24. The maximum Gasteiger partial charge on any atom is 0.416 e. The van der Waals surface area contributed by atoms with Gasteiger partial charge in [-0.15, -0.1) is 0 Å². The molecule has 0 aliphatic rings. The number of hydrogen-bond acceptors (Lipinski definition) is 5. The molecule has 0 radical (unpaired) electrons. The summed E-state index contributed by atoms with van der Waals surface area (Å²) in [7, 11) is 0. The lowest BCUT2D eigenvalue weighted by molar-refractivity contribution is -0.137. The molecule has 0 unspecified atom stereocenters. The van der Waals surface area contributed by atoms with E-state index in [1.165, 1.54) is 0 Å². The Hall–Kier alpha value is -3.11. The molecule has 0 aromatic heterocycles. The van der Waals surface area contributed by atoms with Gasteiger partial charge in [0.15, 0.2) is 0 Å². The van der Waals surface area contributed by atoms with Gasteiger partial charge in [-0.1, -0.05) is 50.5 Å². The number of amides is 2. The van der Waals surface area contributed by atoms with Gasteiger partial charge in [-0.2, -0.15) is 13.2 Å². The van der Waals surface area contributed by atoms with E-state index in [2.05, 4.69) is 22.0 Å². The lowest BCUT2D eigenvalue weighted by Gasteiger charge is -2.37. The summed E-state index contributed by atoms with van der Waals surface area (Å²) in [5.74, 6) is -1.47. The molecule has 0 spiro atoms. The molecular formula is C28H39F3N4O3. The number of halogens is 3. The summed E-state index contributed by atoms with van der Waals surface area (Å²) in [4.78, 5) is 25.3. The van der Waals surface area contributed by atoms with Gasteiger partial charge in [0.05, 0.1) is 29.3 Å². The molecule has 2 aromatic rings. The number of alkyl halides is 3. The Kier molecular flexibility index (Phi) is 11.1. The van der Waals surface area contributed by atoms with Crippen LogP contribution in [-0.2, 0) is 17.5 Å². The van der Waals surface area contributed by atoms with Crippen LogP contribution in [0.1, 0.15) is 72.1 Å². The molecule has 2 aromatic carbocycles. The van der Waals surface area contributed by atoms with Crippen LogP contribution in [0.4, 0.5) is 18.9 Å². The summed E-state index contributed by atoms with van der Waals surface area (Å²) in [6, 6.07) is 7.93. The number of nitrogens with one attached hydrogen (secondary N) is 3. The number of aliphatic hydroxyl groups is 1. The first kappa shape index (κ1) is 31.1. The Bertz CT molecular complexity index is 1100. The number of aryl methyl sites for hydroxylation is 2. The van der Waals surface area contributed by atoms with E-state index >= 15 is 0 Å². The molecule has 0 saturated heterocycles. The second-order valence-corrected chi connectivity index (χ2v) is 9.77. The van der Waals surface area contributed by atoms with Crippen molar-refractivity contribution < 1.29 is 27.9 Å². The quantitative estimate of drug-likeness (QED) is 0.246. The zero-order valence-corrected chi connectivity index (χ0v) is 22.5. The van der Waals surface area contributed by atoms with Crippen molar-refractivity contribution in [3.8, 4) is 0 Å². The molecule has 0 aliphatic carbocycles. The number of carbonyl (C=O) groups excluding carboxylic acids is 2. The van der Waals surface area contributed by atoms with Crippen LogP contribution in [0, 0.1) is 13.8 Å². The van der Waals surface area contributed by atoms with Crippen molar-refractivity contribution in [3.05, 3.63) is 64.2 Å². The minimum Gasteiger partial charge on any atom is -0.398 e. The zero-order valence-electron chi connectivity index (χ0n) is 22.5. The SMILES string of the molecule is CCCC(O)(CCC)[C@H](CNCc1ccc(C)cc1C)NC(=O)CNC(=O)c1cc(C(F)(F)F)ccc1N. The molecule has 0 saturated carbocycles. The number of nitrogen functional groups attached to an aromatic ring is 1. The van der Waals surface area contributed by atoms with E-state index in [0.29, 0.717) is 38.3 Å². The van der Waals surface area contributed by atoms with Crippen LogP contribution >= 0.6 is 0 Å². The van der Waals surface area contributed by atoms with Gasteiger partial charge in [0, 0.05) is 18.8 Å². The molecule has 1 atom stereocenters. The minimum atomic E-state index is -4.64. The van der Waals surface area contributed by atoms with Gasteiger partial charge in [0.1, 0.15) is 0 Å². The van der Waals surface area contributed by atoms with E-state index in [-0.39, 0.29) is 17.8 Å². The molecule has 210 valence electrons. The lowest BCUT2D eigenvalue weighted by atomic mass is 9.84. The molecule has 2 rings (SSSR count). The van der Waals surface area contributed by atoms with Crippen LogP contribution in [0.3, 0.4) is 0 Å². The Morgan fingerprint density at radius 3 is 2.26 bits per heavy atom. The fourth-order valence-electron chi connectivity index (χ4n) is 4.54. The fraction of sp³-hybridized carbons (Fsp3) is 0.500. The monoisotopic (exact) mass is 536 g/mol. The molecular weight excluding hydrogens is 497 g/mol. The molecule has 10 heteroatoms. The molecule has 7 nitrogen and oxygen atoms in total. The van der Waals surface area contributed by atoms with E-state index < -0.39 is 41.7 Å². The number of benzene rings is 2. The maximum atomic E-state index is 13.0. The third-order valence-electron chi connectivity index (χ3n) is 6.55. The van der Waals surface area contributed by atoms with Crippen molar-refractivity contribution in [3.63, 3.8) is 0 Å². The van der Waals surface area contributed by atoms with Gasteiger partial charge in [-0.3, -0.25) is 9.59 Å².